The lowest BCUT2D eigenvalue weighted by molar-refractivity contribution is -0.166. The van der Waals surface area contributed by atoms with Crippen LogP contribution in [-0.4, -0.2) is 57.7 Å². The molecule has 0 heterocycles. The zero-order valence-corrected chi connectivity index (χ0v) is 8.88. The van der Waals surface area contributed by atoms with Crippen LogP contribution in [0.5, 0.6) is 0 Å². The lowest BCUT2D eigenvalue weighted by Gasteiger charge is -2.23. The Labute approximate surface area is 94.2 Å². The molecule has 0 aromatic rings. The minimum Gasteiger partial charge on any atom is -0.481 e. The summed E-state index contributed by atoms with van der Waals surface area (Å²) in [6, 6.07) is 0. The van der Waals surface area contributed by atoms with Crippen LogP contribution in [0.3, 0.4) is 0 Å². The molecule has 1 atom stereocenters. The first-order valence-corrected chi connectivity index (χ1v) is 5.25. The highest BCUT2D eigenvalue weighted by molar-refractivity contribution is 7.88. The molecule has 0 radical (unpaired) electrons. The number of carboxylic acid groups (broad SMARTS) is 3. The van der Waals surface area contributed by atoms with Crippen molar-refractivity contribution in [1.82, 2.24) is 0 Å². The van der Waals surface area contributed by atoms with Crippen LogP contribution in [-0.2, 0) is 29.2 Å². The Morgan fingerprint density at radius 1 is 1.06 bits per heavy atom. The highest BCUT2D eigenvalue weighted by Gasteiger charge is 2.54. The first-order valence-electron chi connectivity index (χ1n) is 3.81. The predicted molar refractivity (Wildman–Crippen MR) is 47.8 cm³/mol. The van der Waals surface area contributed by atoms with Crippen LogP contribution in [0.15, 0.2) is 0 Å². The Balaban J connectivity index is 5.49. The van der Waals surface area contributed by atoms with Gasteiger partial charge in [-0.25, -0.2) is 9.59 Å². The molecule has 0 aromatic carbocycles. The molecule has 0 bridgehead atoms. The molecule has 1 unspecified atom stereocenters. The van der Waals surface area contributed by atoms with Crippen molar-refractivity contribution in [1.29, 1.82) is 0 Å². The Kier molecular flexibility index (Phi) is 4.56. The molecule has 0 spiro atoms. The average Bonchev–Trinajstić information content (AvgIpc) is 2.08. The second kappa shape index (κ2) is 5.07. The van der Waals surface area contributed by atoms with Crippen LogP contribution in [0.1, 0.15) is 6.42 Å². The van der Waals surface area contributed by atoms with E-state index < -0.39 is 46.0 Å². The molecule has 4 N–H and O–H groups in total. The number of rotatable bonds is 7. The van der Waals surface area contributed by atoms with Crippen molar-refractivity contribution in [2.24, 2.45) is 0 Å². The zero-order chi connectivity index (χ0) is 13.9. The van der Waals surface area contributed by atoms with E-state index in [1.54, 1.807) is 0 Å². The van der Waals surface area contributed by atoms with E-state index in [9.17, 15) is 22.8 Å². The number of ether oxygens (including phenoxy) is 1. The summed E-state index contributed by atoms with van der Waals surface area (Å²) in [5.41, 5.74) is 0. The quantitative estimate of drug-likeness (QED) is 0.388. The van der Waals surface area contributed by atoms with Gasteiger partial charge in [0.25, 0.3) is 0 Å². The largest absolute Gasteiger partial charge is 0.481 e. The van der Waals surface area contributed by atoms with Gasteiger partial charge < -0.3 is 20.1 Å². The van der Waals surface area contributed by atoms with Crippen LogP contribution in [0.2, 0.25) is 0 Å². The number of aliphatic carboxylic acids is 3. The number of carboxylic acids is 3. The van der Waals surface area contributed by atoms with E-state index in [0.29, 0.717) is 0 Å². The van der Waals surface area contributed by atoms with Crippen LogP contribution in [0, 0.1) is 0 Å². The third-order valence-corrected chi connectivity index (χ3v) is 2.83. The lowest BCUT2D eigenvalue weighted by Crippen LogP contribution is -2.51. The fraction of sp³-hybridized carbons (Fsp3) is 0.500. The van der Waals surface area contributed by atoms with Gasteiger partial charge in [0.15, 0.2) is 0 Å². The highest BCUT2D eigenvalue weighted by Crippen LogP contribution is 2.23. The van der Waals surface area contributed by atoms with E-state index in [0.717, 1.165) is 0 Å². The van der Waals surface area contributed by atoms with Crippen molar-refractivity contribution >= 4 is 28.0 Å². The SMILES string of the molecule is O=C(O)COC(CC(=O)O)(C(=O)O)S(=O)(=O)O. The molecule has 11 heteroatoms. The van der Waals surface area contributed by atoms with Crippen molar-refractivity contribution in [2.45, 2.75) is 11.4 Å². The highest BCUT2D eigenvalue weighted by atomic mass is 32.2. The molecule has 0 rings (SSSR count). The topological polar surface area (TPSA) is 176 Å². The molecule has 0 fully saturated rings. The van der Waals surface area contributed by atoms with Crippen molar-refractivity contribution in [3.8, 4) is 0 Å². The van der Waals surface area contributed by atoms with Gasteiger partial charge in [-0.1, -0.05) is 0 Å². The summed E-state index contributed by atoms with van der Waals surface area (Å²) in [5.74, 6) is -5.97. The number of hydrogen-bond acceptors (Lipinski definition) is 6. The molecule has 98 valence electrons. The van der Waals surface area contributed by atoms with Crippen LogP contribution in [0.25, 0.3) is 0 Å². The van der Waals surface area contributed by atoms with Gasteiger partial charge in [0.05, 0.1) is 0 Å². The van der Waals surface area contributed by atoms with Crippen LogP contribution >= 0.6 is 0 Å². The van der Waals surface area contributed by atoms with E-state index in [4.69, 9.17) is 19.9 Å². The Bertz CT molecular complexity index is 436. The average molecular weight is 272 g/mol. The molecular weight excluding hydrogens is 264 g/mol. The third-order valence-electron chi connectivity index (χ3n) is 1.56. The van der Waals surface area contributed by atoms with Crippen molar-refractivity contribution in [3.63, 3.8) is 0 Å². The van der Waals surface area contributed by atoms with Crippen molar-refractivity contribution in [3.05, 3.63) is 0 Å². The molecule has 0 aliphatic carbocycles. The summed E-state index contributed by atoms with van der Waals surface area (Å²) in [4.78, 5) is 27.6. The van der Waals surface area contributed by atoms with E-state index in [-0.39, 0.29) is 0 Å². The first-order chi connectivity index (χ1) is 7.53. The third kappa shape index (κ3) is 3.65. The first kappa shape index (κ1) is 15.3. The van der Waals surface area contributed by atoms with Gasteiger partial charge in [-0.2, -0.15) is 8.42 Å². The standard InChI is InChI=1S/C6H8O10S/c7-3(8)1-6(5(11)12,17(13,14)15)16-2-4(9)10/h1-2H2,(H,7,8)(H,9,10)(H,11,12)(H,13,14,15). The normalized spacial score (nSPS) is 14.9. The van der Waals surface area contributed by atoms with E-state index in [1.165, 1.54) is 0 Å². The van der Waals surface area contributed by atoms with Crippen LogP contribution in [0.4, 0.5) is 0 Å². The fourth-order valence-corrected chi connectivity index (χ4v) is 1.58. The van der Waals surface area contributed by atoms with E-state index in [2.05, 4.69) is 4.74 Å². The second-order valence-electron chi connectivity index (χ2n) is 2.79. The predicted octanol–water partition coefficient (Wildman–Crippen LogP) is -1.77. The Morgan fingerprint density at radius 2 is 1.53 bits per heavy atom. The molecule has 0 aliphatic rings. The van der Waals surface area contributed by atoms with Gasteiger partial charge in [0.1, 0.15) is 13.0 Å². The minimum absolute atomic E-state index is 1.40. The summed E-state index contributed by atoms with van der Waals surface area (Å²) in [5, 5.41) is 25.2. The molecule has 0 aromatic heterocycles. The Morgan fingerprint density at radius 3 is 1.76 bits per heavy atom. The fourth-order valence-electron chi connectivity index (χ4n) is 0.842. The molecular formula is C6H8O10S. The maximum Gasteiger partial charge on any atom is 0.355 e. The van der Waals surface area contributed by atoms with Gasteiger partial charge in [-0.05, 0) is 0 Å². The molecule has 0 saturated carbocycles. The van der Waals surface area contributed by atoms with Gasteiger partial charge in [0, 0.05) is 0 Å². The second-order valence-corrected chi connectivity index (χ2v) is 4.40. The van der Waals surface area contributed by atoms with E-state index >= 15 is 0 Å². The minimum atomic E-state index is -5.48. The summed E-state index contributed by atoms with van der Waals surface area (Å²) in [7, 11) is -5.48. The lowest BCUT2D eigenvalue weighted by atomic mass is 10.2. The zero-order valence-electron chi connectivity index (χ0n) is 8.06. The number of hydrogen-bond donors (Lipinski definition) is 4. The molecule has 10 nitrogen and oxygen atoms in total. The smallest absolute Gasteiger partial charge is 0.355 e. The van der Waals surface area contributed by atoms with Gasteiger partial charge in [-0.15, -0.1) is 0 Å². The number of carbonyl (C=O) groups is 3. The van der Waals surface area contributed by atoms with E-state index in [1.807, 2.05) is 0 Å². The summed E-state index contributed by atoms with van der Waals surface area (Å²) < 4.78 is 34.4. The molecule has 0 aliphatic heterocycles. The van der Waals surface area contributed by atoms with Crippen molar-refractivity contribution in [2.75, 3.05) is 6.61 Å². The van der Waals surface area contributed by atoms with Crippen molar-refractivity contribution < 1.29 is 47.4 Å². The van der Waals surface area contributed by atoms with Gasteiger partial charge in [-0.3, -0.25) is 9.35 Å². The summed E-state index contributed by atoms with van der Waals surface area (Å²) in [6.07, 6.45) is -1.64. The maximum atomic E-state index is 10.8. The van der Waals surface area contributed by atoms with Gasteiger partial charge in [0.2, 0.25) is 0 Å². The van der Waals surface area contributed by atoms with Crippen LogP contribution < -0.4 is 0 Å². The summed E-state index contributed by atoms with van der Waals surface area (Å²) in [6.45, 7) is -1.40. The molecule has 0 amide bonds. The maximum absolute atomic E-state index is 10.8. The molecule has 0 saturated heterocycles. The monoisotopic (exact) mass is 272 g/mol. The summed E-state index contributed by atoms with van der Waals surface area (Å²) >= 11 is 0. The molecule has 17 heavy (non-hydrogen) atoms. The van der Waals surface area contributed by atoms with Gasteiger partial charge >= 0.3 is 33.0 Å². The Hall–Kier alpha value is -1.72.